The van der Waals surface area contributed by atoms with Crippen molar-refractivity contribution in [2.75, 3.05) is 12.4 Å². The molecule has 1 aliphatic carbocycles. The smallest absolute Gasteiger partial charge is 0.341 e. The molecule has 1 unspecified atom stereocenters. The van der Waals surface area contributed by atoms with Gasteiger partial charge in [-0.3, -0.25) is 9.20 Å². The van der Waals surface area contributed by atoms with Gasteiger partial charge in [-0.1, -0.05) is 30.0 Å². The number of rotatable bonds is 5. The molecule has 5 rings (SSSR count). The fraction of sp³-hybridized carbons (Fsp3) is 0.360. The number of thioether (sulfide) groups is 1. The van der Waals surface area contributed by atoms with Crippen molar-refractivity contribution < 1.29 is 14.3 Å². The van der Waals surface area contributed by atoms with Crippen molar-refractivity contribution in [3.05, 3.63) is 51.4 Å². The fourth-order valence-corrected chi connectivity index (χ4v) is 6.74. The summed E-state index contributed by atoms with van der Waals surface area (Å²) >= 11 is 2.85. The number of fused-ring (bicyclic) bond motifs is 4. The van der Waals surface area contributed by atoms with Crippen LogP contribution in [-0.4, -0.2) is 38.8 Å². The molecule has 0 saturated carbocycles. The van der Waals surface area contributed by atoms with Crippen LogP contribution < -0.4 is 5.32 Å². The van der Waals surface area contributed by atoms with E-state index in [1.54, 1.807) is 0 Å². The first kappa shape index (κ1) is 22.9. The maximum Gasteiger partial charge on any atom is 0.341 e. The quantitative estimate of drug-likeness (QED) is 0.298. The Morgan fingerprint density at radius 2 is 1.97 bits per heavy atom. The van der Waals surface area contributed by atoms with Gasteiger partial charge in [-0.05, 0) is 69.2 Å². The molecule has 0 fully saturated rings. The van der Waals surface area contributed by atoms with Crippen molar-refractivity contribution >= 4 is 56.5 Å². The van der Waals surface area contributed by atoms with E-state index in [9.17, 15) is 9.59 Å². The van der Waals surface area contributed by atoms with Gasteiger partial charge in [-0.15, -0.1) is 21.5 Å². The number of carbonyl (C=O) groups excluding carboxylic acids is 2. The van der Waals surface area contributed by atoms with Gasteiger partial charge in [0.15, 0.2) is 10.8 Å². The molecule has 34 heavy (non-hydrogen) atoms. The highest BCUT2D eigenvalue weighted by Gasteiger charge is 2.28. The van der Waals surface area contributed by atoms with Gasteiger partial charge in [0.2, 0.25) is 5.91 Å². The molecule has 1 aromatic carbocycles. The predicted octanol–water partition coefficient (Wildman–Crippen LogP) is 5.35. The van der Waals surface area contributed by atoms with Crippen LogP contribution in [0, 0.1) is 13.8 Å². The number of pyridine rings is 1. The summed E-state index contributed by atoms with van der Waals surface area (Å²) in [5.41, 5.74) is 5.61. The second-order valence-electron chi connectivity index (χ2n) is 8.63. The normalized spacial score (nSPS) is 14.2. The van der Waals surface area contributed by atoms with E-state index in [-0.39, 0.29) is 5.91 Å². The molecule has 0 bridgehead atoms. The van der Waals surface area contributed by atoms with E-state index >= 15 is 0 Å². The Morgan fingerprint density at radius 3 is 2.76 bits per heavy atom. The second kappa shape index (κ2) is 9.03. The molecule has 0 aliphatic heterocycles. The van der Waals surface area contributed by atoms with Crippen LogP contribution in [0.1, 0.15) is 51.7 Å². The predicted molar refractivity (Wildman–Crippen MR) is 136 cm³/mol. The van der Waals surface area contributed by atoms with Crippen molar-refractivity contribution in [2.24, 2.45) is 0 Å². The number of nitrogens with zero attached hydrogens (tertiary/aromatic N) is 3. The molecule has 3 heterocycles. The van der Waals surface area contributed by atoms with Crippen LogP contribution >= 0.6 is 23.1 Å². The Labute approximate surface area is 205 Å². The lowest BCUT2D eigenvalue weighted by molar-refractivity contribution is -0.115. The molecular formula is C25H26N4O3S2. The van der Waals surface area contributed by atoms with E-state index < -0.39 is 11.2 Å². The van der Waals surface area contributed by atoms with E-state index in [1.165, 1.54) is 35.1 Å². The van der Waals surface area contributed by atoms with Gasteiger partial charge in [-0.25, -0.2) is 4.79 Å². The van der Waals surface area contributed by atoms with Crippen LogP contribution in [0.5, 0.6) is 0 Å². The average Bonchev–Trinajstić information content (AvgIpc) is 3.39. The van der Waals surface area contributed by atoms with Gasteiger partial charge < -0.3 is 10.1 Å². The Hall–Kier alpha value is -2.91. The highest BCUT2D eigenvalue weighted by molar-refractivity contribution is 8.00. The number of methoxy groups -OCH3 is 1. The first-order chi connectivity index (χ1) is 16.4. The van der Waals surface area contributed by atoms with Gasteiger partial charge in [0, 0.05) is 10.3 Å². The number of aryl methyl sites for hydroxylation is 3. The molecular weight excluding hydrogens is 468 g/mol. The molecule has 4 aromatic rings. The van der Waals surface area contributed by atoms with Gasteiger partial charge in [0.05, 0.1) is 23.4 Å². The van der Waals surface area contributed by atoms with E-state index in [0.717, 1.165) is 58.9 Å². The summed E-state index contributed by atoms with van der Waals surface area (Å²) in [5, 5.41) is 13.7. The number of carbonyl (C=O) groups is 2. The van der Waals surface area contributed by atoms with Gasteiger partial charge >= 0.3 is 5.97 Å². The summed E-state index contributed by atoms with van der Waals surface area (Å²) in [4.78, 5) is 26.9. The number of hydrogen-bond acceptors (Lipinski definition) is 7. The van der Waals surface area contributed by atoms with Gasteiger partial charge in [0.25, 0.3) is 0 Å². The molecule has 1 atom stereocenters. The molecule has 0 spiro atoms. The van der Waals surface area contributed by atoms with E-state index in [4.69, 9.17) is 4.74 Å². The van der Waals surface area contributed by atoms with Crippen LogP contribution in [0.4, 0.5) is 5.00 Å². The minimum Gasteiger partial charge on any atom is -0.465 e. The van der Waals surface area contributed by atoms with Crippen molar-refractivity contribution in [3.63, 3.8) is 0 Å². The third kappa shape index (κ3) is 3.86. The molecule has 0 radical (unpaired) electrons. The molecule has 9 heteroatoms. The lowest BCUT2D eigenvalue weighted by Gasteiger charge is -2.13. The van der Waals surface area contributed by atoms with Gasteiger partial charge in [-0.2, -0.15) is 0 Å². The summed E-state index contributed by atoms with van der Waals surface area (Å²) in [7, 11) is 1.38. The van der Waals surface area contributed by atoms with E-state index in [2.05, 4.69) is 41.5 Å². The summed E-state index contributed by atoms with van der Waals surface area (Å²) in [5.74, 6) is -0.575. The molecule has 1 amide bonds. The van der Waals surface area contributed by atoms with Crippen LogP contribution in [0.15, 0.2) is 29.4 Å². The van der Waals surface area contributed by atoms with Gasteiger partial charge in [0.1, 0.15) is 5.00 Å². The van der Waals surface area contributed by atoms with Crippen molar-refractivity contribution in [3.8, 4) is 0 Å². The summed E-state index contributed by atoms with van der Waals surface area (Å²) in [6.45, 7) is 5.98. The molecule has 0 saturated heterocycles. The minimum atomic E-state index is -0.447. The second-order valence-corrected chi connectivity index (χ2v) is 11.0. The summed E-state index contributed by atoms with van der Waals surface area (Å²) < 4.78 is 7.05. The Kier molecular flexibility index (Phi) is 6.07. The summed E-state index contributed by atoms with van der Waals surface area (Å²) in [6.07, 6.45) is 3.91. The molecule has 1 N–H and O–H groups in total. The third-order valence-electron chi connectivity index (χ3n) is 6.34. The Balaban J connectivity index is 1.45. The lowest BCUT2D eigenvalue weighted by atomic mass is 9.95. The number of amides is 1. The maximum absolute atomic E-state index is 13.2. The first-order valence-corrected chi connectivity index (χ1v) is 13.0. The fourth-order valence-electron chi connectivity index (χ4n) is 4.60. The number of esters is 1. The van der Waals surface area contributed by atoms with E-state index in [1.807, 2.05) is 23.5 Å². The molecule has 1 aliphatic rings. The topological polar surface area (TPSA) is 85.6 Å². The zero-order chi connectivity index (χ0) is 24.0. The SMILES string of the molecule is COC(=O)c1c(NC(=O)C(C)Sc2nnc3cc(C)c4cccc(C)c4n23)sc2c1CCCC2. The lowest BCUT2D eigenvalue weighted by Crippen LogP contribution is -2.23. The first-order valence-electron chi connectivity index (χ1n) is 11.3. The number of thiophene rings is 1. The molecule has 3 aromatic heterocycles. The Bertz CT molecular complexity index is 1440. The number of aromatic nitrogens is 3. The van der Waals surface area contributed by atoms with E-state index in [0.29, 0.717) is 15.7 Å². The number of para-hydroxylation sites is 1. The van der Waals surface area contributed by atoms with Crippen LogP contribution in [0.3, 0.4) is 0 Å². The third-order valence-corrected chi connectivity index (χ3v) is 8.59. The Morgan fingerprint density at radius 1 is 1.18 bits per heavy atom. The highest BCUT2D eigenvalue weighted by atomic mass is 32.2. The van der Waals surface area contributed by atoms with Crippen LogP contribution in [0.2, 0.25) is 0 Å². The number of benzene rings is 1. The summed E-state index contributed by atoms with van der Waals surface area (Å²) in [6, 6.07) is 8.22. The highest BCUT2D eigenvalue weighted by Crippen LogP contribution is 2.39. The van der Waals surface area contributed by atoms with Crippen molar-refractivity contribution in [1.82, 2.24) is 14.6 Å². The zero-order valence-electron chi connectivity index (χ0n) is 19.6. The number of hydrogen-bond donors (Lipinski definition) is 1. The maximum atomic E-state index is 13.2. The minimum absolute atomic E-state index is 0.182. The van der Waals surface area contributed by atoms with Crippen LogP contribution in [0.25, 0.3) is 16.6 Å². The largest absolute Gasteiger partial charge is 0.465 e. The average molecular weight is 495 g/mol. The van der Waals surface area contributed by atoms with Crippen molar-refractivity contribution in [2.45, 2.75) is 56.9 Å². The number of ether oxygens (including phenoxy) is 1. The van der Waals surface area contributed by atoms with Crippen molar-refractivity contribution in [1.29, 1.82) is 0 Å². The standard InChI is InChI=1S/C25H26N4O3S2/c1-13-8-7-10-16-14(2)12-19-27-28-25(29(19)21(13)16)33-15(3)22(30)26-23-20(24(31)32-4)17-9-5-6-11-18(17)34-23/h7-8,10,12,15H,5-6,9,11H2,1-4H3,(H,26,30). The monoisotopic (exact) mass is 494 g/mol. The number of anilines is 1. The molecule has 176 valence electrons. The zero-order valence-corrected chi connectivity index (χ0v) is 21.2. The number of nitrogens with one attached hydrogen (secondary N) is 1. The molecule has 7 nitrogen and oxygen atoms in total. The van der Waals surface area contributed by atoms with Crippen LogP contribution in [-0.2, 0) is 22.4 Å².